The predicted molar refractivity (Wildman–Crippen MR) is 75.4 cm³/mol. The Morgan fingerprint density at radius 2 is 1.82 bits per heavy atom. The van der Waals surface area contributed by atoms with Gasteiger partial charge in [-0.1, -0.05) is 39.3 Å². The molecule has 1 aromatic rings. The second-order valence-electron chi connectivity index (χ2n) is 6.11. The van der Waals surface area contributed by atoms with Gasteiger partial charge in [-0.25, -0.2) is 0 Å². The van der Waals surface area contributed by atoms with Crippen LogP contribution in [0.1, 0.15) is 27.7 Å². The van der Waals surface area contributed by atoms with Crippen molar-refractivity contribution >= 4 is 23.0 Å². The van der Waals surface area contributed by atoms with Crippen LogP contribution in [-0.2, 0) is 0 Å². The van der Waals surface area contributed by atoms with E-state index in [1.165, 1.54) is 0 Å². The Balaban J connectivity index is 2.00. The number of halogens is 1. The maximum absolute atomic E-state index is 5.92. The minimum Gasteiger partial charge on any atom is -0.397 e. The first kappa shape index (κ1) is 12.6. The molecule has 0 aliphatic heterocycles. The van der Waals surface area contributed by atoms with Crippen molar-refractivity contribution < 1.29 is 0 Å². The van der Waals surface area contributed by atoms with Crippen LogP contribution in [0.3, 0.4) is 0 Å². The van der Waals surface area contributed by atoms with E-state index in [1.807, 2.05) is 12.1 Å². The number of benzene rings is 1. The molecule has 1 saturated carbocycles. The monoisotopic (exact) mass is 252 g/mol. The zero-order valence-corrected chi connectivity index (χ0v) is 11.7. The Labute approximate surface area is 109 Å². The molecule has 2 rings (SSSR count). The molecule has 1 fully saturated rings. The zero-order valence-electron chi connectivity index (χ0n) is 11.0. The maximum Gasteiger partial charge on any atom is 0.0575 e. The number of nitrogen functional groups attached to an aromatic ring is 1. The van der Waals surface area contributed by atoms with E-state index >= 15 is 0 Å². The fourth-order valence-electron chi connectivity index (χ4n) is 2.75. The molecule has 0 aromatic heterocycles. The van der Waals surface area contributed by atoms with E-state index in [1.54, 1.807) is 6.07 Å². The minimum atomic E-state index is 0.404. The van der Waals surface area contributed by atoms with Crippen LogP contribution in [0.25, 0.3) is 0 Å². The van der Waals surface area contributed by atoms with Gasteiger partial charge >= 0.3 is 0 Å². The van der Waals surface area contributed by atoms with Gasteiger partial charge in [0.25, 0.3) is 0 Å². The van der Waals surface area contributed by atoms with Crippen LogP contribution in [0.5, 0.6) is 0 Å². The molecule has 1 aromatic carbocycles. The summed E-state index contributed by atoms with van der Waals surface area (Å²) in [5.74, 6) is 0.685. The van der Waals surface area contributed by atoms with E-state index in [0.717, 1.165) is 12.2 Å². The molecule has 1 aliphatic rings. The lowest BCUT2D eigenvalue weighted by atomic mass is 10.0. The molecule has 3 heteroatoms. The SMILES string of the molecule is CC1(C)C(CNc2ccc(Cl)cc2N)C1(C)C. The third-order valence-electron chi connectivity index (χ3n) is 4.83. The second-order valence-corrected chi connectivity index (χ2v) is 6.54. The highest BCUT2D eigenvalue weighted by Crippen LogP contribution is 2.68. The van der Waals surface area contributed by atoms with E-state index in [0.29, 0.717) is 27.5 Å². The van der Waals surface area contributed by atoms with Gasteiger partial charge in [-0.2, -0.15) is 0 Å². The molecule has 0 amide bonds. The number of nitrogens with one attached hydrogen (secondary N) is 1. The Morgan fingerprint density at radius 1 is 1.24 bits per heavy atom. The standard InChI is InChI=1S/C14H21ClN2/c1-13(2)12(14(13,3)4)8-17-11-6-5-9(15)7-10(11)16/h5-7,12,17H,8,16H2,1-4H3. The largest absolute Gasteiger partial charge is 0.397 e. The average Bonchev–Trinajstić information content (AvgIpc) is 2.58. The first-order valence-electron chi connectivity index (χ1n) is 6.05. The number of anilines is 2. The second kappa shape index (κ2) is 3.81. The first-order valence-corrected chi connectivity index (χ1v) is 6.43. The lowest BCUT2D eigenvalue weighted by Crippen LogP contribution is -2.09. The third-order valence-corrected chi connectivity index (χ3v) is 5.07. The summed E-state index contributed by atoms with van der Waals surface area (Å²) in [7, 11) is 0. The van der Waals surface area contributed by atoms with Gasteiger partial charge in [0.1, 0.15) is 0 Å². The number of hydrogen-bond acceptors (Lipinski definition) is 2. The molecule has 17 heavy (non-hydrogen) atoms. The predicted octanol–water partition coefficient (Wildman–Crippen LogP) is 4.02. The molecule has 0 atom stereocenters. The summed E-state index contributed by atoms with van der Waals surface area (Å²) in [6.45, 7) is 10.3. The highest BCUT2D eigenvalue weighted by Gasteiger charge is 2.63. The smallest absolute Gasteiger partial charge is 0.0575 e. The molecule has 0 heterocycles. The fourth-order valence-corrected chi connectivity index (χ4v) is 2.93. The summed E-state index contributed by atoms with van der Waals surface area (Å²) in [4.78, 5) is 0. The van der Waals surface area contributed by atoms with Crippen molar-refractivity contribution in [2.75, 3.05) is 17.6 Å². The van der Waals surface area contributed by atoms with Gasteiger partial charge < -0.3 is 11.1 Å². The van der Waals surface area contributed by atoms with Gasteiger partial charge in [-0.05, 0) is 34.9 Å². The molecule has 0 unspecified atom stereocenters. The minimum absolute atomic E-state index is 0.404. The van der Waals surface area contributed by atoms with Gasteiger partial charge in [0.15, 0.2) is 0 Å². The van der Waals surface area contributed by atoms with Crippen LogP contribution in [-0.4, -0.2) is 6.54 Å². The van der Waals surface area contributed by atoms with Crippen LogP contribution < -0.4 is 11.1 Å². The molecule has 0 bridgehead atoms. The van der Waals surface area contributed by atoms with Crippen molar-refractivity contribution in [2.24, 2.45) is 16.7 Å². The van der Waals surface area contributed by atoms with E-state index in [-0.39, 0.29) is 0 Å². The summed E-state index contributed by atoms with van der Waals surface area (Å²) < 4.78 is 0. The van der Waals surface area contributed by atoms with Gasteiger partial charge in [-0.15, -0.1) is 0 Å². The highest BCUT2D eigenvalue weighted by atomic mass is 35.5. The molecule has 0 saturated heterocycles. The van der Waals surface area contributed by atoms with Crippen molar-refractivity contribution in [1.29, 1.82) is 0 Å². The molecule has 3 N–H and O–H groups in total. The summed E-state index contributed by atoms with van der Waals surface area (Å²) in [5.41, 5.74) is 8.42. The Morgan fingerprint density at radius 3 is 2.29 bits per heavy atom. The molecular formula is C14H21ClN2. The van der Waals surface area contributed by atoms with Crippen LogP contribution >= 0.6 is 11.6 Å². The van der Waals surface area contributed by atoms with E-state index in [4.69, 9.17) is 17.3 Å². The van der Waals surface area contributed by atoms with E-state index < -0.39 is 0 Å². The molecule has 94 valence electrons. The van der Waals surface area contributed by atoms with E-state index in [2.05, 4.69) is 33.0 Å². The highest BCUT2D eigenvalue weighted by molar-refractivity contribution is 6.31. The van der Waals surface area contributed by atoms with Crippen molar-refractivity contribution in [3.63, 3.8) is 0 Å². The topological polar surface area (TPSA) is 38.0 Å². The Kier molecular flexibility index (Phi) is 2.81. The van der Waals surface area contributed by atoms with Crippen molar-refractivity contribution in [1.82, 2.24) is 0 Å². The quantitative estimate of drug-likeness (QED) is 0.798. The number of nitrogens with two attached hydrogens (primary N) is 1. The van der Waals surface area contributed by atoms with Gasteiger partial charge in [0.05, 0.1) is 11.4 Å². The van der Waals surface area contributed by atoms with Crippen molar-refractivity contribution in [3.8, 4) is 0 Å². The molecule has 0 spiro atoms. The van der Waals surface area contributed by atoms with Gasteiger partial charge in [0, 0.05) is 11.6 Å². The molecule has 1 aliphatic carbocycles. The Bertz CT molecular complexity index is 424. The number of rotatable bonds is 3. The summed E-state index contributed by atoms with van der Waals surface area (Å²) >= 11 is 5.87. The fraction of sp³-hybridized carbons (Fsp3) is 0.571. The Hall–Kier alpha value is -0.890. The summed E-state index contributed by atoms with van der Waals surface area (Å²) in [6, 6.07) is 5.59. The zero-order chi connectivity index (χ0) is 12.8. The van der Waals surface area contributed by atoms with E-state index in [9.17, 15) is 0 Å². The summed E-state index contributed by atoms with van der Waals surface area (Å²) in [5, 5.41) is 4.11. The van der Waals surface area contributed by atoms with Gasteiger partial charge in [0.2, 0.25) is 0 Å². The van der Waals surface area contributed by atoms with Crippen LogP contribution in [0.4, 0.5) is 11.4 Å². The third kappa shape index (κ3) is 1.99. The van der Waals surface area contributed by atoms with Crippen LogP contribution in [0.2, 0.25) is 5.02 Å². The maximum atomic E-state index is 5.92. The normalized spacial score (nSPS) is 21.2. The lowest BCUT2D eigenvalue weighted by molar-refractivity contribution is 0.457. The lowest BCUT2D eigenvalue weighted by Gasteiger charge is -2.10. The van der Waals surface area contributed by atoms with Crippen LogP contribution in [0.15, 0.2) is 18.2 Å². The average molecular weight is 253 g/mol. The molecular weight excluding hydrogens is 232 g/mol. The van der Waals surface area contributed by atoms with Crippen LogP contribution in [0, 0.1) is 16.7 Å². The van der Waals surface area contributed by atoms with Crippen molar-refractivity contribution in [2.45, 2.75) is 27.7 Å². The van der Waals surface area contributed by atoms with Gasteiger partial charge in [-0.3, -0.25) is 0 Å². The first-order chi connectivity index (χ1) is 7.76. The number of hydrogen-bond donors (Lipinski definition) is 2. The molecule has 2 nitrogen and oxygen atoms in total. The summed E-state index contributed by atoms with van der Waals surface area (Å²) in [6.07, 6.45) is 0. The molecule has 0 radical (unpaired) electrons. The van der Waals surface area contributed by atoms with Crippen molar-refractivity contribution in [3.05, 3.63) is 23.2 Å².